The van der Waals surface area contributed by atoms with Gasteiger partial charge in [-0.05, 0) is 42.5 Å². The summed E-state index contributed by atoms with van der Waals surface area (Å²) in [6.07, 6.45) is 0. The number of anilines is 2. The van der Waals surface area contributed by atoms with Gasteiger partial charge < -0.3 is 20.3 Å². The summed E-state index contributed by atoms with van der Waals surface area (Å²) in [5, 5.41) is 5.47. The van der Waals surface area contributed by atoms with Gasteiger partial charge in [-0.2, -0.15) is 0 Å². The van der Waals surface area contributed by atoms with Crippen molar-refractivity contribution in [3.63, 3.8) is 0 Å². The summed E-state index contributed by atoms with van der Waals surface area (Å²) < 4.78 is 5.11. The highest BCUT2D eigenvalue weighted by molar-refractivity contribution is 5.95. The van der Waals surface area contributed by atoms with Gasteiger partial charge in [0.25, 0.3) is 5.91 Å². The van der Waals surface area contributed by atoms with E-state index in [-0.39, 0.29) is 17.7 Å². The van der Waals surface area contributed by atoms with Gasteiger partial charge in [0.05, 0.1) is 7.11 Å². The Kier molecular flexibility index (Phi) is 6.93. The van der Waals surface area contributed by atoms with Crippen molar-refractivity contribution >= 4 is 29.1 Å². The number of amides is 3. The number of benzene rings is 2. The van der Waals surface area contributed by atoms with Gasteiger partial charge in [-0.15, -0.1) is 0 Å². The maximum atomic E-state index is 12.2. The van der Waals surface area contributed by atoms with Gasteiger partial charge in [0.15, 0.2) is 0 Å². The molecule has 7 heteroatoms. The molecule has 2 rings (SSSR count). The fourth-order valence-electron chi connectivity index (χ4n) is 2.54. The van der Waals surface area contributed by atoms with E-state index in [1.54, 1.807) is 60.5 Å². The van der Waals surface area contributed by atoms with Crippen LogP contribution in [0, 0.1) is 0 Å². The molecule has 0 unspecified atom stereocenters. The Balaban J connectivity index is 1.97. The van der Waals surface area contributed by atoms with Crippen LogP contribution in [0.2, 0.25) is 0 Å². The van der Waals surface area contributed by atoms with Gasteiger partial charge >= 0.3 is 0 Å². The third-order valence-corrected chi connectivity index (χ3v) is 3.83. The molecule has 0 atom stereocenters. The summed E-state index contributed by atoms with van der Waals surface area (Å²) in [6.45, 7) is 3.51. The number of rotatable bonds is 7. The van der Waals surface area contributed by atoms with E-state index in [1.807, 2.05) is 0 Å². The van der Waals surface area contributed by atoms with Crippen LogP contribution in [0.3, 0.4) is 0 Å². The largest absolute Gasteiger partial charge is 0.497 e. The smallest absolute Gasteiger partial charge is 0.251 e. The molecule has 7 nitrogen and oxygen atoms in total. The highest BCUT2D eigenvalue weighted by Crippen LogP contribution is 2.18. The zero-order valence-electron chi connectivity index (χ0n) is 15.6. The third kappa shape index (κ3) is 5.85. The first-order valence-electron chi connectivity index (χ1n) is 8.48. The van der Waals surface area contributed by atoms with E-state index >= 15 is 0 Å². The van der Waals surface area contributed by atoms with Crippen LogP contribution in [0.25, 0.3) is 0 Å². The van der Waals surface area contributed by atoms with Crippen molar-refractivity contribution in [3.05, 3.63) is 54.1 Å². The minimum absolute atomic E-state index is 0.141. The van der Waals surface area contributed by atoms with Crippen LogP contribution in [0.1, 0.15) is 24.2 Å². The number of methoxy groups -OCH3 is 1. The predicted octanol–water partition coefficient (Wildman–Crippen LogP) is 2.44. The maximum absolute atomic E-state index is 12.2. The lowest BCUT2D eigenvalue weighted by Crippen LogP contribution is -2.37. The molecule has 0 bridgehead atoms. The molecule has 0 aromatic heterocycles. The van der Waals surface area contributed by atoms with Crippen LogP contribution in [0.5, 0.6) is 5.75 Å². The van der Waals surface area contributed by atoms with E-state index < -0.39 is 0 Å². The van der Waals surface area contributed by atoms with Gasteiger partial charge in [0.1, 0.15) is 5.75 Å². The van der Waals surface area contributed by atoms with Crippen LogP contribution >= 0.6 is 0 Å². The van der Waals surface area contributed by atoms with Crippen molar-refractivity contribution in [1.29, 1.82) is 0 Å². The summed E-state index contributed by atoms with van der Waals surface area (Å²) in [5.74, 6) is 0.0648. The second kappa shape index (κ2) is 9.38. The molecule has 142 valence electrons. The van der Waals surface area contributed by atoms with Gasteiger partial charge in [-0.3, -0.25) is 14.4 Å². The zero-order valence-corrected chi connectivity index (χ0v) is 15.6. The highest BCUT2D eigenvalue weighted by atomic mass is 16.5. The first-order chi connectivity index (χ1) is 12.9. The molecule has 27 heavy (non-hydrogen) atoms. The molecule has 2 aromatic rings. The van der Waals surface area contributed by atoms with Crippen LogP contribution in [0.15, 0.2) is 48.5 Å². The predicted molar refractivity (Wildman–Crippen MR) is 104 cm³/mol. The fraction of sp³-hybridized carbons (Fsp3) is 0.250. The van der Waals surface area contributed by atoms with E-state index in [9.17, 15) is 14.4 Å². The average molecular weight is 369 g/mol. The summed E-state index contributed by atoms with van der Waals surface area (Å²) in [7, 11) is 1.54. The number of carbonyl (C=O) groups excluding carboxylic acids is 3. The standard InChI is InChI=1S/C20H23N3O4/c1-14(24)22-17-7-9-18(10-8-17)23(15(2)25)12-11-21-20(26)16-5-4-6-19(13-16)27-3/h4-10,13H,11-12H2,1-3H3,(H,21,26)(H,22,24). The summed E-state index contributed by atoms with van der Waals surface area (Å²) in [5.41, 5.74) is 1.83. The lowest BCUT2D eigenvalue weighted by molar-refractivity contribution is -0.116. The maximum Gasteiger partial charge on any atom is 0.251 e. The van der Waals surface area contributed by atoms with Crippen LogP contribution in [-0.2, 0) is 9.59 Å². The SMILES string of the molecule is COc1cccc(C(=O)NCCN(C(C)=O)c2ccc(NC(C)=O)cc2)c1. The summed E-state index contributed by atoms with van der Waals surface area (Å²) in [6, 6.07) is 13.8. The molecule has 0 fully saturated rings. The molecular weight excluding hydrogens is 346 g/mol. The van der Waals surface area contributed by atoms with Crippen molar-refractivity contribution in [2.75, 3.05) is 30.4 Å². The molecule has 3 amide bonds. The van der Waals surface area contributed by atoms with Gasteiger partial charge in [0, 0.05) is 43.9 Å². The van der Waals surface area contributed by atoms with Crippen LogP contribution in [0.4, 0.5) is 11.4 Å². The fourth-order valence-corrected chi connectivity index (χ4v) is 2.54. The van der Waals surface area contributed by atoms with Crippen molar-refractivity contribution in [2.24, 2.45) is 0 Å². The molecule has 0 aliphatic carbocycles. The number of nitrogens with zero attached hydrogens (tertiary/aromatic N) is 1. The Morgan fingerprint density at radius 3 is 2.33 bits per heavy atom. The minimum Gasteiger partial charge on any atom is -0.497 e. The Hall–Kier alpha value is -3.35. The van der Waals surface area contributed by atoms with Crippen molar-refractivity contribution in [2.45, 2.75) is 13.8 Å². The molecule has 0 aliphatic rings. The van der Waals surface area contributed by atoms with E-state index in [0.717, 1.165) is 0 Å². The molecule has 0 aliphatic heterocycles. The third-order valence-electron chi connectivity index (χ3n) is 3.83. The lowest BCUT2D eigenvalue weighted by Gasteiger charge is -2.21. The molecule has 0 saturated carbocycles. The van der Waals surface area contributed by atoms with Gasteiger partial charge in [0.2, 0.25) is 11.8 Å². The zero-order chi connectivity index (χ0) is 19.8. The average Bonchev–Trinajstić information content (AvgIpc) is 2.65. The van der Waals surface area contributed by atoms with Crippen LogP contribution < -0.4 is 20.3 Å². The number of hydrogen-bond donors (Lipinski definition) is 2. The van der Waals surface area contributed by atoms with Crippen molar-refractivity contribution < 1.29 is 19.1 Å². The molecule has 0 saturated heterocycles. The first kappa shape index (κ1) is 20.0. The summed E-state index contributed by atoms with van der Waals surface area (Å²) >= 11 is 0. The molecule has 0 heterocycles. The monoisotopic (exact) mass is 369 g/mol. The van der Waals surface area contributed by atoms with Crippen molar-refractivity contribution in [3.8, 4) is 5.75 Å². The molecule has 0 spiro atoms. The van der Waals surface area contributed by atoms with Crippen LogP contribution in [-0.4, -0.2) is 37.9 Å². The van der Waals surface area contributed by atoms with E-state index in [2.05, 4.69) is 10.6 Å². The second-order valence-corrected chi connectivity index (χ2v) is 5.89. The number of carbonyl (C=O) groups is 3. The molecule has 2 N–H and O–H groups in total. The quantitative estimate of drug-likeness (QED) is 0.785. The van der Waals surface area contributed by atoms with E-state index in [1.165, 1.54) is 13.8 Å². The topological polar surface area (TPSA) is 87.7 Å². The van der Waals surface area contributed by atoms with Gasteiger partial charge in [-0.1, -0.05) is 6.07 Å². The first-order valence-corrected chi connectivity index (χ1v) is 8.48. The Morgan fingerprint density at radius 2 is 1.74 bits per heavy atom. The molecule has 2 aromatic carbocycles. The number of nitrogens with one attached hydrogen (secondary N) is 2. The van der Waals surface area contributed by atoms with E-state index in [4.69, 9.17) is 4.74 Å². The number of ether oxygens (including phenoxy) is 1. The Bertz CT molecular complexity index is 818. The Labute approximate surface area is 158 Å². The number of hydrogen-bond acceptors (Lipinski definition) is 4. The van der Waals surface area contributed by atoms with E-state index in [0.29, 0.717) is 35.8 Å². The lowest BCUT2D eigenvalue weighted by atomic mass is 10.2. The van der Waals surface area contributed by atoms with Gasteiger partial charge in [-0.25, -0.2) is 0 Å². The molecular formula is C20H23N3O4. The second-order valence-electron chi connectivity index (χ2n) is 5.89. The Morgan fingerprint density at radius 1 is 1.04 bits per heavy atom. The summed E-state index contributed by atoms with van der Waals surface area (Å²) in [4.78, 5) is 36.8. The van der Waals surface area contributed by atoms with Crippen molar-refractivity contribution in [1.82, 2.24) is 5.32 Å². The highest BCUT2D eigenvalue weighted by Gasteiger charge is 2.13. The minimum atomic E-state index is -0.238. The molecule has 0 radical (unpaired) electrons. The normalized spacial score (nSPS) is 10.0.